The van der Waals surface area contributed by atoms with Crippen LogP contribution in [0.3, 0.4) is 0 Å². The van der Waals surface area contributed by atoms with Gasteiger partial charge in [-0.1, -0.05) is 46.3 Å². The molecule has 0 amide bonds. The minimum Gasteiger partial charge on any atom is -0.465 e. The van der Waals surface area contributed by atoms with E-state index in [0.717, 1.165) is 32.1 Å². The number of nitrogens with zero attached hydrogens (tertiary/aromatic N) is 1. The number of H-pyrrole nitrogens is 1. The quantitative estimate of drug-likeness (QED) is 0.264. The fourth-order valence-corrected chi connectivity index (χ4v) is 3.69. The average Bonchev–Trinajstić information content (AvgIpc) is 2.58. The minimum atomic E-state index is -0.458. The molecule has 0 radical (unpaired) electrons. The standard InChI is InChI=1S/C20H33FN2O2S2/c1-14(2)12-20(5,15(3)4)18(24)25-11-9-7-6-8-10-23-17(26)16(21)13-22-19(23)27/h13-15H,6-12H2,1-5H3,(H,22,27). The Labute approximate surface area is 172 Å². The lowest BCUT2D eigenvalue weighted by atomic mass is 9.73. The SMILES string of the molecule is CC(C)CC(C)(C(=O)OCCCCCCn1c(=S)[nH]cc(F)c1=S)C(C)C. The fourth-order valence-electron chi connectivity index (χ4n) is 3.15. The molecule has 0 aromatic carbocycles. The zero-order valence-corrected chi connectivity index (χ0v) is 18.8. The van der Waals surface area contributed by atoms with Crippen LogP contribution in [0.15, 0.2) is 6.20 Å². The predicted molar refractivity (Wildman–Crippen MR) is 112 cm³/mol. The Morgan fingerprint density at radius 1 is 1.22 bits per heavy atom. The maximum absolute atomic E-state index is 13.5. The third kappa shape index (κ3) is 7.11. The van der Waals surface area contributed by atoms with E-state index in [2.05, 4.69) is 32.7 Å². The van der Waals surface area contributed by atoms with Gasteiger partial charge in [-0.25, -0.2) is 4.39 Å². The molecule has 0 aliphatic rings. The summed E-state index contributed by atoms with van der Waals surface area (Å²) in [6.07, 6.45) is 5.58. The van der Waals surface area contributed by atoms with Gasteiger partial charge in [-0.3, -0.25) is 4.79 Å². The molecule has 1 heterocycles. The van der Waals surface area contributed by atoms with Gasteiger partial charge in [-0.2, -0.15) is 0 Å². The molecule has 154 valence electrons. The van der Waals surface area contributed by atoms with Gasteiger partial charge in [0.1, 0.15) is 4.64 Å². The summed E-state index contributed by atoms with van der Waals surface area (Å²) < 4.78 is 21.2. The van der Waals surface area contributed by atoms with E-state index in [1.165, 1.54) is 6.20 Å². The third-order valence-electron chi connectivity index (χ3n) is 5.10. The number of nitrogens with one attached hydrogen (secondary N) is 1. The van der Waals surface area contributed by atoms with Gasteiger partial charge in [-0.05, 0) is 56.7 Å². The van der Waals surface area contributed by atoms with Crippen molar-refractivity contribution in [3.05, 3.63) is 21.4 Å². The van der Waals surface area contributed by atoms with Crippen LogP contribution in [0.1, 0.15) is 66.7 Å². The lowest BCUT2D eigenvalue weighted by molar-refractivity contribution is -0.159. The number of carbonyl (C=O) groups excluding carboxylic acids is 1. The normalized spacial score (nSPS) is 13.8. The molecule has 1 rings (SSSR count). The van der Waals surface area contributed by atoms with Crippen molar-refractivity contribution in [2.45, 2.75) is 73.3 Å². The molecule has 27 heavy (non-hydrogen) atoms. The highest BCUT2D eigenvalue weighted by molar-refractivity contribution is 7.72. The van der Waals surface area contributed by atoms with Gasteiger partial charge in [-0.15, -0.1) is 0 Å². The third-order valence-corrected chi connectivity index (χ3v) is 5.85. The van der Waals surface area contributed by atoms with Gasteiger partial charge >= 0.3 is 5.97 Å². The van der Waals surface area contributed by atoms with Gasteiger partial charge in [0.05, 0.1) is 12.0 Å². The first-order valence-electron chi connectivity index (χ1n) is 9.74. The van der Waals surface area contributed by atoms with E-state index < -0.39 is 11.2 Å². The summed E-state index contributed by atoms with van der Waals surface area (Å²) in [7, 11) is 0. The highest BCUT2D eigenvalue weighted by Gasteiger charge is 2.38. The summed E-state index contributed by atoms with van der Waals surface area (Å²) in [6.45, 7) is 11.4. The summed E-state index contributed by atoms with van der Waals surface area (Å²) in [4.78, 5) is 15.2. The van der Waals surface area contributed by atoms with Crippen molar-refractivity contribution < 1.29 is 13.9 Å². The number of unbranched alkanes of at least 4 members (excludes halogenated alkanes) is 3. The Bertz CT molecular complexity index is 727. The van der Waals surface area contributed by atoms with Crippen molar-refractivity contribution in [1.29, 1.82) is 0 Å². The average molecular weight is 417 g/mol. The van der Waals surface area contributed by atoms with Crippen LogP contribution in [-0.4, -0.2) is 22.1 Å². The molecule has 0 bridgehead atoms. The summed E-state index contributed by atoms with van der Waals surface area (Å²) in [5.41, 5.74) is -0.432. The largest absolute Gasteiger partial charge is 0.465 e. The number of aromatic amines is 1. The highest BCUT2D eigenvalue weighted by Crippen LogP contribution is 2.35. The van der Waals surface area contributed by atoms with E-state index >= 15 is 0 Å². The van der Waals surface area contributed by atoms with E-state index in [-0.39, 0.29) is 16.5 Å². The summed E-state index contributed by atoms with van der Waals surface area (Å²) in [5.74, 6) is 0.141. The van der Waals surface area contributed by atoms with Crippen LogP contribution >= 0.6 is 24.4 Å². The Morgan fingerprint density at radius 3 is 2.44 bits per heavy atom. The molecule has 0 aliphatic carbocycles. The molecule has 0 saturated carbocycles. The maximum Gasteiger partial charge on any atom is 0.312 e. The number of hydrogen-bond donors (Lipinski definition) is 1. The highest BCUT2D eigenvalue weighted by atomic mass is 32.1. The van der Waals surface area contributed by atoms with Crippen molar-refractivity contribution in [3.8, 4) is 0 Å². The second-order valence-corrected chi connectivity index (χ2v) is 8.89. The van der Waals surface area contributed by atoms with Crippen LogP contribution < -0.4 is 0 Å². The van der Waals surface area contributed by atoms with E-state index in [1.807, 2.05) is 6.92 Å². The van der Waals surface area contributed by atoms with E-state index in [4.69, 9.17) is 29.2 Å². The first-order valence-corrected chi connectivity index (χ1v) is 10.6. The number of ether oxygens (including phenoxy) is 1. The van der Waals surface area contributed by atoms with Gasteiger partial charge < -0.3 is 14.3 Å². The molecule has 1 N–H and O–H groups in total. The van der Waals surface area contributed by atoms with Crippen LogP contribution in [-0.2, 0) is 16.1 Å². The molecule has 0 saturated heterocycles. The topological polar surface area (TPSA) is 47.0 Å². The van der Waals surface area contributed by atoms with Crippen molar-refractivity contribution in [2.24, 2.45) is 17.3 Å². The molecule has 1 aromatic heterocycles. The first-order chi connectivity index (χ1) is 12.6. The summed E-state index contributed by atoms with van der Waals surface area (Å²) >= 11 is 10.2. The number of rotatable bonds is 11. The Morgan fingerprint density at radius 2 is 1.85 bits per heavy atom. The van der Waals surface area contributed by atoms with Crippen LogP contribution in [0.2, 0.25) is 0 Å². The number of halogens is 1. The molecule has 0 spiro atoms. The first kappa shape index (κ1) is 24.0. The molecular weight excluding hydrogens is 383 g/mol. The zero-order valence-electron chi connectivity index (χ0n) is 17.1. The van der Waals surface area contributed by atoms with E-state index in [0.29, 0.717) is 23.8 Å². The monoisotopic (exact) mass is 416 g/mol. The smallest absolute Gasteiger partial charge is 0.312 e. The molecule has 1 aromatic rings. The molecule has 1 atom stereocenters. The molecular formula is C20H33FN2O2S2. The van der Waals surface area contributed by atoms with E-state index in [9.17, 15) is 9.18 Å². The lowest BCUT2D eigenvalue weighted by Gasteiger charge is -2.32. The second-order valence-electron chi connectivity index (χ2n) is 8.12. The lowest BCUT2D eigenvalue weighted by Crippen LogP contribution is -2.36. The van der Waals surface area contributed by atoms with Gasteiger partial charge in [0.2, 0.25) is 0 Å². The van der Waals surface area contributed by atoms with Crippen LogP contribution in [0.5, 0.6) is 0 Å². The van der Waals surface area contributed by atoms with Gasteiger partial charge in [0, 0.05) is 12.7 Å². The molecule has 0 aliphatic heterocycles. The molecule has 0 fully saturated rings. The summed E-state index contributed by atoms with van der Waals surface area (Å²) in [5, 5.41) is 0. The number of aromatic nitrogens is 2. The second kappa shape index (κ2) is 11.1. The summed E-state index contributed by atoms with van der Waals surface area (Å²) in [6, 6.07) is 0. The van der Waals surface area contributed by atoms with Crippen LogP contribution in [0.4, 0.5) is 4.39 Å². The van der Waals surface area contributed by atoms with Gasteiger partial charge in [0.15, 0.2) is 10.6 Å². The maximum atomic E-state index is 13.5. The van der Waals surface area contributed by atoms with Crippen molar-refractivity contribution >= 4 is 30.4 Å². The van der Waals surface area contributed by atoms with Crippen molar-refractivity contribution in [2.75, 3.05) is 6.61 Å². The molecule has 1 unspecified atom stereocenters. The van der Waals surface area contributed by atoms with Crippen LogP contribution in [0, 0.1) is 32.5 Å². The number of carbonyl (C=O) groups is 1. The predicted octanol–water partition coefficient (Wildman–Crippen LogP) is 6.23. The van der Waals surface area contributed by atoms with Gasteiger partial charge in [0.25, 0.3) is 0 Å². The number of esters is 1. The Hall–Kier alpha value is -1.08. The van der Waals surface area contributed by atoms with Crippen molar-refractivity contribution in [1.82, 2.24) is 9.55 Å². The van der Waals surface area contributed by atoms with Crippen molar-refractivity contribution in [3.63, 3.8) is 0 Å². The Balaban J connectivity index is 2.35. The minimum absolute atomic E-state index is 0.0939. The number of hydrogen-bond acceptors (Lipinski definition) is 4. The zero-order chi connectivity index (χ0) is 20.6. The molecule has 7 heteroatoms. The molecule has 4 nitrogen and oxygen atoms in total. The Kier molecular flexibility index (Phi) is 9.81. The fraction of sp³-hybridized carbons (Fsp3) is 0.750. The van der Waals surface area contributed by atoms with Crippen LogP contribution in [0.25, 0.3) is 0 Å². The van der Waals surface area contributed by atoms with E-state index in [1.54, 1.807) is 4.57 Å².